The molecule has 1 saturated heterocycles. The van der Waals surface area contributed by atoms with E-state index in [9.17, 15) is 0 Å². The molecule has 2 aliphatic rings. The van der Waals surface area contributed by atoms with E-state index in [1.54, 1.807) is 6.20 Å². The molecule has 1 aromatic heterocycles. The van der Waals surface area contributed by atoms with Crippen molar-refractivity contribution in [2.24, 2.45) is 5.92 Å². The summed E-state index contributed by atoms with van der Waals surface area (Å²) in [6, 6.07) is 3.86. The summed E-state index contributed by atoms with van der Waals surface area (Å²) in [4.78, 5) is 4.34. The van der Waals surface area contributed by atoms with Crippen molar-refractivity contribution in [2.75, 3.05) is 6.61 Å². The van der Waals surface area contributed by atoms with Gasteiger partial charge < -0.3 is 14.0 Å². The molecule has 0 spiro atoms. The number of rotatable bonds is 4. The van der Waals surface area contributed by atoms with Gasteiger partial charge in [0.25, 0.3) is 0 Å². The summed E-state index contributed by atoms with van der Waals surface area (Å²) in [5.74, 6) is 1.41. The van der Waals surface area contributed by atoms with Gasteiger partial charge in [-0.05, 0) is 52.5 Å². The highest BCUT2D eigenvalue weighted by molar-refractivity contribution is 6.62. The number of hydrogen-bond acceptors (Lipinski definition) is 4. The highest BCUT2D eigenvalue weighted by Crippen LogP contribution is 2.36. The third-order valence-electron chi connectivity index (χ3n) is 4.45. The van der Waals surface area contributed by atoms with Gasteiger partial charge in [-0.3, -0.25) is 0 Å². The molecule has 0 bridgehead atoms. The van der Waals surface area contributed by atoms with Gasteiger partial charge in [0.15, 0.2) is 0 Å². The topological polar surface area (TPSA) is 40.6 Å². The average molecular weight is 275 g/mol. The van der Waals surface area contributed by atoms with Gasteiger partial charge in [0, 0.05) is 11.7 Å². The molecular formula is C15H22BNO3. The largest absolute Gasteiger partial charge is 0.496 e. The van der Waals surface area contributed by atoms with E-state index in [1.165, 1.54) is 12.8 Å². The van der Waals surface area contributed by atoms with Gasteiger partial charge >= 0.3 is 7.12 Å². The van der Waals surface area contributed by atoms with Gasteiger partial charge in [-0.25, -0.2) is 4.98 Å². The molecule has 20 heavy (non-hydrogen) atoms. The minimum Gasteiger partial charge on any atom is -0.477 e. The predicted octanol–water partition coefficient (Wildman–Crippen LogP) is 2.17. The molecule has 0 atom stereocenters. The second-order valence-corrected chi connectivity index (χ2v) is 6.77. The summed E-state index contributed by atoms with van der Waals surface area (Å²) in [5.41, 5.74) is 0.292. The first-order chi connectivity index (χ1) is 9.37. The maximum absolute atomic E-state index is 6.00. The Morgan fingerprint density at radius 3 is 2.35 bits per heavy atom. The summed E-state index contributed by atoms with van der Waals surface area (Å²) < 4.78 is 17.6. The van der Waals surface area contributed by atoms with Crippen LogP contribution < -0.4 is 10.2 Å². The smallest absolute Gasteiger partial charge is 0.477 e. The number of nitrogens with zero attached hydrogens (tertiary/aromatic N) is 1. The minimum absolute atomic E-state index is 0.321. The van der Waals surface area contributed by atoms with E-state index >= 15 is 0 Å². The van der Waals surface area contributed by atoms with E-state index in [2.05, 4.69) is 4.98 Å². The second kappa shape index (κ2) is 4.74. The van der Waals surface area contributed by atoms with E-state index in [1.807, 2.05) is 39.8 Å². The zero-order valence-corrected chi connectivity index (χ0v) is 12.7. The summed E-state index contributed by atoms with van der Waals surface area (Å²) >= 11 is 0. The number of ether oxygens (including phenoxy) is 1. The first-order valence-electron chi connectivity index (χ1n) is 7.32. The molecule has 1 aromatic rings. The van der Waals surface area contributed by atoms with Crippen LogP contribution in [-0.4, -0.2) is 29.9 Å². The Balaban J connectivity index is 1.65. The van der Waals surface area contributed by atoms with Gasteiger partial charge in [0.1, 0.15) is 0 Å². The van der Waals surface area contributed by atoms with Crippen LogP contribution in [0.5, 0.6) is 5.88 Å². The van der Waals surface area contributed by atoms with Crippen LogP contribution in [0.25, 0.3) is 0 Å². The van der Waals surface area contributed by atoms with E-state index in [0.29, 0.717) is 5.88 Å². The minimum atomic E-state index is -0.356. The third-order valence-corrected chi connectivity index (χ3v) is 4.45. The van der Waals surface area contributed by atoms with Crippen molar-refractivity contribution >= 4 is 12.6 Å². The van der Waals surface area contributed by atoms with Crippen LogP contribution in [0.1, 0.15) is 40.5 Å². The van der Waals surface area contributed by atoms with E-state index in [-0.39, 0.29) is 18.3 Å². The van der Waals surface area contributed by atoms with Crippen molar-refractivity contribution in [1.82, 2.24) is 4.98 Å². The van der Waals surface area contributed by atoms with E-state index < -0.39 is 0 Å². The first-order valence-corrected chi connectivity index (χ1v) is 7.32. The van der Waals surface area contributed by atoms with Crippen molar-refractivity contribution in [2.45, 2.75) is 51.7 Å². The zero-order valence-electron chi connectivity index (χ0n) is 12.7. The molecule has 0 aromatic carbocycles. The Morgan fingerprint density at radius 1 is 1.20 bits per heavy atom. The molecule has 0 N–H and O–H groups in total. The fraction of sp³-hybridized carbons (Fsp3) is 0.667. The molecule has 1 aliphatic heterocycles. The van der Waals surface area contributed by atoms with E-state index in [0.717, 1.165) is 18.0 Å². The van der Waals surface area contributed by atoms with Crippen LogP contribution in [0, 0.1) is 5.92 Å². The lowest BCUT2D eigenvalue weighted by molar-refractivity contribution is 0.00578. The Kier molecular flexibility index (Phi) is 3.29. The molecule has 4 nitrogen and oxygen atoms in total. The Morgan fingerprint density at radius 2 is 1.85 bits per heavy atom. The molecule has 108 valence electrons. The molecular weight excluding hydrogens is 253 g/mol. The Hall–Kier alpha value is -1.07. The quantitative estimate of drug-likeness (QED) is 0.790. The molecule has 0 amide bonds. The van der Waals surface area contributed by atoms with Crippen molar-refractivity contribution in [3.8, 4) is 5.88 Å². The third kappa shape index (κ3) is 2.70. The van der Waals surface area contributed by atoms with E-state index in [4.69, 9.17) is 14.0 Å². The van der Waals surface area contributed by atoms with Crippen molar-refractivity contribution in [3.63, 3.8) is 0 Å². The van der Waals surface area contributed by atoms with Gasteiger partial charge in [-0.1, -0.05) is 6.07 Å². The summed E-state index contributed by atoms with van der Waals surface area (Å²) in [6.45, 7) is 8.98. The van der Waals surface area contributed by atoms with Crippen LogP contribution in [0.3, 0.4) is 0 Å². The summed E-state index contributed by atoms with van der Waals surface area (Å²) in [7, 11) is -0.356. The molecule has 1 saturated carbocycles. The molecule has 5 heteroatoms. The lowest BCUT2D eigenvalue weighted by Gasteiger charge is -2.32. The molecule has 0 radical (unpaired) electrons. The number of pyridine rings is 1. The van der Waals surface area contributed by atoms with Crippen molar-refractivity contribution in [1.29, 1.82) is 0 Å². The highest BCUT2D eigenvalue weighted by Gasteiger charge is 2.51. The lowest BCUT2D eigenvalue weighted by atomic mass is 9.80. The van der Waals surface area contributed by atoms with Crippen LogP contribution >= 0.6 is 0 Å². The Bertz CT molecular complexity index is 466. The fourth-order valence-corrected chi connectivity index (χ4v) is 2.08. The second-order valence-electron chi connectivity index (χ2n) is 6.77. The van der Waals surface area contributed by atoms with Gasteiger partial charge in [0.2, 0.25) is 5.88 Å². The first kappa shape index (κ1) is 13.9. The highest BCUT2D eigenvalue weighted by atomic mass is 16.7. The summed E-state index contributed by atoms with van der Waals surface area (Å²) in [5, 5.41) is 0. The van der Waals surface area contributed by atoms with Crippen LogP contribution in [0.15, 0.2) is 18.3 Å². The van der Waals surface area contributed by atoms with Gasteiger partial charge in [0.05, 0.1) is 17.8 Å². The van der Waals surface area contributed by atoms with Gasteiger partial charge in [-0.15, -0.1) is 0 Å². The Labute approximate surface area is 121 Å². The fourth-order valence-electron chi connectivity index (χ4n) is 2.08. The summed E-state index contributed by atoms with van der Waals surface area (Å²) in [6.07, 6.45) is 4.35. The number of hydrogen-bond donors (Lipinski definition) is 0. The number of aromatic nitrogens is 1. The van der Waals surface area contributed by atoms with Crippen molar-refractivity contribution in [3.05, 3.63) is 18.3 Å². The monoisotopic (exact) mass is 275 g/mol. The zero-order chi connectivity index (χ0) is 14.4. The van der Waals surface area contributed by atoms with Crippen LogP contribution in [-0.2, 0) is 9.31 Å². The van der Waals surface area contributed by atoms with Crippen molar-refractivity contribution < 1.29 is 14.0 Å². The standard InChI is InChI=1S/C15H22BNO3/c1-14(2)15(3,4)20-16(19-14)12-7-8-13(17-9-12)18-10-11-5-6-11/h7-9,11H,5-6,10H2,1-4H3. The molecule has 0 unspecified atom stereocenters. The molecule has 2 heterocycles. The maximum atomic E-state index is 6.00. The predicted molar refractivity (Wildman–Crippen MR) is 78.2 cm³/mol. The average Bonchev–Trinajstić information content (AvgIpc) is 3.16. The van der Waals surface area contributed by atoms with Crippen LogP contribution in [0.2, 0.25) is 0 Å². The lowest BCUT2D eigenvalue weighted by Crippen LogP contribution is -2.41. The van der Waals surface area contributed by atoms with Gasteiger partial charge in [-0.2, -0.15) is 0 Å². The normalized spacial score (nSPS) is 23.9. The van der Waals surface area contributed by atoms with Crippen LogP contribution in [0.4, 0.5) is 0 Å². The molecule has 3 rings (SSSR count). The maximum Gasteiger partial charge on any atom is 0.496 e. The molecule has 2 fully saturated rings. The molecule has 1 aliphatic carbocycles. The SMILES string of the molecule is CC1(C)OB(c2ccc(OCC3CC3)nc2)OC1(C)C.